The molecule has 0 rings (SSSR count). The molecular weight excluding hydrogens is 728 g/mol. The molecule has 1 radical (unpaired) electrons. The summed E-state index contributed by atoms with van der Waals surface area (Å²) in [4.78, 5) is 92.4. The van der Waals surface area contributed by atoms with Gasteiger partial charge in [-0.25, -0.2) is 9.59 Å². The van der Waals surface area contributed by atoms with Crippen LogP contribution in [0.25, 0.3) is 0 Å². The summed E-state index contributed by atoms with van der Waals surface area (Å²) in [5.74, 6) is -5.43. The smallest absolute Gasteiger partial charge is 0.326 e. The van der Waals surface area contributed by atoms with Crippen LogP contribution < -0.4 is 21.3 Å². The summed E-state index contributed by atoms with van der Waals surface area (Å²) in [6.45, 7) is 1.33. The molecule has 2 atom stereocenters. The molecule has 0 aliphatic carbocycles. The Morgan fingerprint density at radius 1 is 0.473 bits per heavy atom. The molecule has 0 bridgehead atoms. The summed E-state index contributed by atoms with van der Waals surface area (Å²) in [5.41, 5.74) is 0. The van der Waals surface area contributed by atoms with Gasteiger partial charge in [0, 0.05) is 38.8 Å². The Balaban J connectivity index is 4.04. The third-order valence-corrected chi connectivity index (χ3v) is 7.91. The van der Waals surface area contributed by atoms with Crippen molar-refractivity contribution in [2.75, 3.05) is 65.9 Å². The fraction of sp³-hybridized carbons (Fsp3) is 0.778. The number of carbonyl (C=O) groups excluding carboxylic acids is 5. The minimum atomic E-state index is -1.38. The molecule has 0 aromatic rings. The van der Waals surface area contributed by atoms with E-state index in [1.807, 2.05) is 0 Å². The standard InChI is InChI=1S/C36H61N4O15/c41-19-22-54-24-23-52-21-18-38-33(45)27-55-26-25-53-20-17-37-30(42)15-13-28(35(48)49)40-32(44)16-14-29(36(50)51)39-31(43)11-9-7-5-3-1-2-4-6-8-10-12-34(46)47/h28-29H,1-18,20-27H2,(H,37,42)(H,38,45)(H,39,43)(H,40,44)(H,46,47)(H,48,49)(H,50,51)/t28-,29+/m1/s1. The molecule has 0 aliphatic rings. The zero-order valence-electron chi connectivity index (χ0n) is 31.8. The van der Waals surface area contributed by atoms with Gasteiger partial charge in [-0.2, -0.15) is 0 Å². The quantitative estimate of drug-likeness (QED) is 0.0425. The number of carboxylic acid groups (broad SMARTS) is 3. The van der Waals surface area contributed by atoms with Gasteiger partial charge in [-0.3, -0.25) is 28.8 Å². The predicted molar refractivity (Wildman–Crippen MR) is 196 cm³/mol. The molecule has 0 fully saturated rings. The molecular formula is C36H61N4O15. The van der Waals surface area contributed by atoms with Crippen LogP contribution in [-0.4, -0.2) is 141 Å². The van der Waals surface area contributed by atoms with Gasteiger partial charge in [0.15, 0.2) is 0 Å². The van der Waals surface area contributed by atoms with Gasteiger partial charge in [0.1, 0.15) is 25.3 Å². The molecule has 0 saturated heterocycles. The first-order valence-corrected chi connectivity index (χ1v) is 18.9. The summed E-state index contributed by atoms with van der Waals surface area (Å²) >= 11 is 0. The largest absolute Gasteiger partial charge is 0.481 e. The molecule has 0 heterocycles. The van der Waals surface area contributed by atoms with E-state index in [-0.39, 0.29) is 110 Å². The Bertz CT molecular complexity index is 1120. The highest BCUT2D eigenvalue weighted by Gasteiger charge is 2.24. The summed E-state index contributed by atoms with van der Waals surface area (Å²) in [7, 11) is 0. The van der Waals surface area contributed by atoms with E-state index in [1.54, 1.807) is 6.29 Å². The lowest BCUT2D eigenvalue weighted by Gasteiger charge is -2.17. The second kappa shape index (κ2) is 35.5. The number of carboxylic acids is 3. The average molecular weight is 790 g/mol. The molecule has 0 aliphatic heterocycles. The van der Waals surface area contributed by atoms with E-state index in [9.17, 15) is 48.6 Å². The Labute approximate surface area is 322 Å². The Morgan fingerprint density at radius 2 is 0.891 bits per heavy atom. The van der Waals surface area contributed by atoms with Crippen molar-refractivity contribution in [1.82, 2.24) is 21.3 Å². The first-order valence-electron chi connectivity index (χ1n) is 18.9. The van der Waals surface area contributed by atoms with Gasteiger partial charge in [0.2, 0.25) is 29.9 Å². The summed E-state index contributed by atoms with van der Waals surface area (Å²) in [5, 5.41) is 37.5. The number of carbonyl (C=O) groups is 7. The van der Waals surface area contributed by atoms with E-state index in [0.717, 1.165) is 51.4 Å². The molecule has 7 N–H and O–H groups in total. The van der Waals surface area contributed by atoms with Crippen LogP contribution in [0.1, 0.15) is 103 Å². The summed E-state index contributed by atoms with van der Waals surface area (Å²) < 4.78 is 20.6. The highest BCUT2D eigenvalue weighted by atomic mass is 16.5. The summed E-state index contributed by atoms with van der Waals surface area (Å²) in [6.07, 6.45) is 10.1. The maximum absolute atomic E-state index is 12.4. The second-order valence-corrected chi connectivity index (χ2v) is 12.6. The van der Waals surface area contributed by atoms with Crippen LogP contribution in [0.4, 0.5) is 0 Å². The number of rotatable bonds is 39. The molecule has 0 saturated carbocycles. The molecule has 55 heavy (non-hydrogen) atoms. The number of ether oxygens (including phenoxy) is 4. The van der Waals surface area contributed by atoms with Gasteiger partial charge in [-0.1, -0.05) is 51.4 Å². The third-order valence-electron chi connectivity index (χ3n) is 7.91. The van der Waals surface area contributed by atoms with Gasteiger partial charge in [-0.15, -0.1) is 0 Å². The molecule has 19 nitrogen and oxygen atoms in total. The molecule has 4 amide bonds. The van der Waals surface area contributed by atoms with Crippen LogP contribution in [0, 0.1) is 0 Å². The number of hydrogen-bond acceptors (Lipinski definition) is 12. The lowest BCUT2D eigenvalue weighted by Crippen LogP contribution is -2.44. The van der Waals surface area contributed by atoms with E-state index in [4.69, 9.17) is 24.1 Å². The zero-order valence-corrected chi connectivity index (χ0v) is 31.8. The van der Waals surface area contributed by atoms with Crippen molar-refractivity contribution < 1.29 is 72.6 Å². The van der Waals surface area contributed by atoms with Crippen molar-refractivity contribution in [2.24, 2.45) is 0 Å². The SMILES string of the molecule is O=[C]COCCOCCNC(=O)COCCOCCNC(=O)CC[C@@H](NC(=O)CC[C@H](NC(=O)CCCCCCCCCCCCC(=O)O)C(=O)O)C(=O)O. The van der Waals surface area contributed by atoms with Gasteiger partial charge >= 0.3 is 17.9 Å². The van der Waals surface area contributed by atoms with Gasteiger partial charge < -0.3 is 55.5 Å². The van der Waals surface area contributed by atoms with E-state index in [1.165, 1.54) is 0 Å². The maximum atomic E-state index is 12.4. The maximum Gasteiger partial charge on any atom is 0.326 e. The van der Waals surface area contributed by atoms with Crippen LogP contribution in [0.2, 0.25) is 0 Å². The minimum Gasteiger partial charge on any atom is -0.481 e. The highest BCUT2D eigenvalue weighted by molar-refractivity contribution is 5.86. The Kier molecular flexibility index (Phi) is 32.8. The number of amides is 4. The number of aliphatic carboxylic acids is 3. The van der Waals surface area contributed by atoms with Crippen LogP contribution in [0.15, 0.2) is 0 Å². The monoisotopic (exact) mass is 789 g/mol. The number of unbranched alkanes of at least 4 members (excludes halogenated alkanes) is 9. The van der Waals surface area contributed by atoms with Crippen molar-refractivity contribution >= 4 is 47.8 Å². The third kappa shape index (κ3) is 34.1. The van der Waals surface area contributed by atoms with Crippen molar-refractivity contribution in [3.8, 4) is 0 Å². The Hall–Kier alpha value is -4.20. The van der Waals surface area contributed by atoms with Crippen molar-refractivity contribution in [3.05, 3.63) is 0 Å². The molecule has 315 valence electrons. The van der Waals surface area contributed by atoms with E-state index in [0.29, 0.717) is 12.8 Å². The predicted octanol–water partition coefficient (Wildman–Crippen LogP) is 0.860. The fourth-order valence-corrected chi connectivity index (χ4v) is 4.96. The molecule has 0 aromatic heterocycles. The number of hydrogen-bond donors (Lipinski definition) is 7. The lowest BCUT2D eigenvalue weighted by atomic mass is 10.0. The van der Waals surface area contributed by atoms with Crippen molar-refractivity contribution in [2.45, 2.75) is 115 Å². The normalized spacial score (nSPS) is 11.9. The zero-order chi connectivity index (χ0) is 40.9. The lowest BCUT2D eigenvalue weighted by molar-refractivity contribution is -0.143. The average Bonchev–Trinajstić information content (AvgIpc) is 3.13. The highest BCUT2D eigenvalue weighted by Crippen LogP contribution is 2.12. The molecule has 0 spiro atoms. The van der Waals surface area contributed by atoms with Crippen molar-refractivity contribution in [1.29, 1.82) is 0 Å². The Morgan fingerprint density at radius 3 is 1.38 bits per heavy atom. The molecule has 0 aromatic carbocycles. The van der Waals surface area contributed by atoms with Crippen LogP contribution in [0.5, 0.6) is 0 Å². The van der Waals surface area contributed by atoms with E-state index < -0.39 is 47.7 Å². The molecule has 19 heteroatoms. The second-order valence-electron chi connectivity index (χ2n) is 12.6. The minimum absolute atomic E-state index is 0.117. The van der Waals surface area contributed by atoms with Crippen LogP contribution in [0.3, 0.4) is 0 Å². The van der Waals surface area contributed by atoms with Crippen molar-refractivity contribution in [3.63, 3.8) is 0 Å². The first kappa shape index (κ1) is 50.8. The topological polar surface area (TPSA) is 282 Å². The van der Waals surface area contributed by atoms with Crippen LogP contribution in [-0.2, 0) is 57.3 Å². The van der Waals surface area contributed by atoms with E-state index in [2.05, 4.69) is 21.3 Å². The fourth-order valence-electron chi connectivity index (χ4n) is 4.96. The van der Waals surface area contributed by atoms with Crippen LogP contribution >= 0.6 is 0 Å². The number of nitrogens with one attached hydrogen (secondary N) is 4. The van der Waals surface area contributed by atoms with E-state index >= 15 is 0 Å². The van der Waals surface area contributed by atoms with Gasteiger partial charge in [0.25, 0.3) is 0 Å². The first-order chi connectivity index (χ1) is 26.5. The van der Waals surface area contributed by atoms with Gasteiger partial charge in [0.05, 0.1) is 39.6 Å². The summed E-state index contributed by atoms with van der Waals surface area (Å²) in [6, 6.07) is -2.70. The van der Waals surface area contributed by atoms with Gasteiger partial charge in [-0.05, 0) is 25.7 Å². The molecule has 0 unspecified atom stereocenters.